The number of aromatic carboxylic acids is 1. The van der Waals surface area contributed by atoms with Gasteiger partial charge in [0.2, 0.25) is 21.7 Å². The average Bonchev–Trinajstić information content (AvgIpc) is 3.07. The molecule has 116 valence electrons. The summed E-state index contributed by atoms with van der Waals surface area (Å²) in [5.74, 6) is -2.09. The Morgan fingerprint density at radius 2 is 2.10 bits per heavy atom. The summed E-state index contributed by atoms with van der Waals surface area (Å²) >= 11 is 2.85. The Bertz CT molecular complexity index is 664. The molecular formula is C11H13BrN2O6S. The molecule has 1 aliphatic carbocycles. The van der Waals surface area contributed by atoms with Crippen molar-refractivity contribution in [3.8, 4) is 0 Å². The number of hydrogen-bond donors (Lipinski definition) is 3. The van der Waals surface area contributed by atoms with Crippen molar-refractivity contribution in [3.63, 3.8) is 0 Å². The second-order valence-corrected chi connectivity index (χ2v) is 7.00. The first-order valence-corrected chi connectivity index (χ1v) is 8.39. The summed E-state index contributed by atoms with van der Waals surface area (Å²) in [4.78, 5) is 21.8. The fourth-order valence-electron chi connectivity index (χ4n) is 1.54. The number of carboxylic acids is 1. The number of carboxylic acid groups (broad SMARTS) is 1. The van der Waals surface area contributed by atoms with Crippen LogP contribution in [0.15, 0.2) is 20.0 Å². The average molecular weight is 381 g/mol. The normalized spacial score (nSPS) is 14.9. The Morgan fingerprint density at radius 1 is 1.43 bits per heavy atom. The van der Waals surface area contributed by atoms with Gasteiger partial charge in [-0.05, 0) is 28.8 Å². The molecule has 1 aromatic heterocycles. The second-order valence-electron chi connectivity index (χ2n) is 4.54. The predicted octanol–water partition coefficient (Wildman–Crippen LogP) is 0.687. The lowest BCUT2D eigenvalue weighted by molar-refractivity contribution is -0.121. The van der Waals surface area contributed by atoms with Crippen molar-refractivity contribution in [2.75, 3.05) is 6.54 Å². The van der Waals surface area contributed by atoms with Crippen molar-refractivity contribution in [2.45, 2.75) is 30.2 Å². The van der Waals surface area contributed by atoms with Crippen LogP contribution in [0.2, 0.25) is 0 Å². The maximum absolute atomic E-state index is 12.0. The van der Waals surface area contributed by atoms with Gasteiger partial charge in [0.1, 0.15) is 4.90 Å². The number of rotatable bonds is 7. The molecule has 0 spiro atoms. The molecule has 1 heterocycles. The van der Waals surface area contributed by atoms with Crippen molar-refractivity contribution >= 4 is 37.8 Å². The predicted molar refractivity (Wildman–Crippen MR) is 74.3 cm³/mol. The van der Waals surface area contributed by atoms with Crippen LogP contribution in [-0.2, 0) is 14.8 Å². The Kier molecular flexibility index (Phi) is 4.69. The highest BCUT2D eigenvalue weighted by atomic mass is 79.9. The minimum atomic E-state index is -3.95. The number of furan rings is 1. The maximum atomic E-state index is 12.0. The van der Waals surface area contributed by atoms with Gasteiger partial charge in [0.25, 0.3) is 0 Å². The summed E-state index contributed by atoms with van der Waals surface area (Å²) in [7, 11) is -3.95. The van der Waals surface area contributed by atoms with E-state index < -0.39 is 21.8 Å². The third-order valence-corrected chi connectivity index (χ3v) is 5.06. The third-order valence-electron chi connectivity index (χ3n) is 2.74. The molecule has 1 aliphatic rings. The first kappa shape index (κ1) is 16.0. The van der Waals surface area contributed by atoms with Crippen LogP contribution in [0.3, 0.4) is 0 Å². The van der Waals surface area contributed by atoms with Gasteiger partial charge in [0.15, 0.2) is 4.67 Å². The molecule has 3 N–H and O–H groups in total. The molecule has 0 unspecified atom stereocenters. The zero-order chi connectivity index (χ0) is 15.6. The van der Waals surface area contributed by atoms with Crippen LogP contribution in [-0.4, -0.2) is 38.0 Å². The molecule has 0 saturated heterocycles. The molecule has 0 radical (unpaired) electrons. The fraction of sp³-hybridized carbons (Fsp3) is 0.455. The first-order chi connectivity index (χ1) is 9.79. The molecule has 2 rings (SSSR count). The van der Waals surface area contributed by atoms with Crippen molar-refractivity contribution in [3.05, 3.63) is 16.5 Å². The molecule has 10 heteroatoms. The minimum Gasteiger partial charge on any atom is -0.475 e. The summed E-state index contributed by atoms with van der Waals surface area (Å²) in [6.07, 6.45) is 1.92. The van der Waals surface area contributed by atoms with Gasteiger partial charge < -0.3 is 14.8 Å². The molecule has 1 amide bonds. The van der Waals surface area contributed by atoms with Crippen LogP contribution < -0.4 is 10.0 Å². The quantitative estimate of drug-likeness (QED) is 0.638. The van der Waals surface area contributed by atoms with Gasteiger partial charge in [-0.3, -0.25) is 4.79 Å². The molecule has 0 aliphatic heterocycles. The number of nitrogens with one attached hydrogen (secondary N) is 2. The van der Waals surface area contributed by atoms with Gasteiger partial charge in [-0.15, -0.1) is 0 Å². The van der Waals surface area contributed by atoms with Crippen LogP contribution in [0.4, 0.5) is 0 Å². The van der Waals surface area contributed by atoms with Crippen molar-refractivity contribution in [2.24, 2.45) is 0 Å². The topological polar surface area (TPSA) is 126 Å². The van der Waals surface area contributed by atoms with E-state index in [0.29, 0.717) is 0 Å². The molecule has 21 heavy (non-hydrogen) atoms. The highest BCUT2D eigenvalue weighted by molar-refractivity contribution is 9.10. The van der Waals surface area contributed by atoms with Crippen LogP contribution in [0.5, 0.6) is 0 Å². The van der Waals surface area contributed by atoms with Crippen LogP contribution in [0.25, 0.3) is 0 Å². The van der Waals surface area contributed by atoms with E-state index in [1.807, 2.05) is 0 Å². The first-order valence-electron chi connectivity index (χ1n) is 6.11. The lowest BCUT2D eigenvalue weighted by Gasteiger charge is -2.05. The molecule has 1 saturated carbocycles. The van der Waals surface area contributed by atoms with E-state index in [1.54, 1.807) is 0 Å². The molecule has 0 bridgehead atoms. The second kappa shape index (κ2) is 6.16. The van der Waals surface area contributed by atoms with Gasteiger partial charge in [0, 0.05) is 25.1 Å². The summed E-state index contributed by atoms with van der Waals surface area (Å²) < 4.78 is 30.8. The number of halogens is 1. The van der Waals surface area contributed by atoms with Gasteiger partial charge in [-0.25, -0.2) is 17.9 Å². The zero-order valence-electron chi connectivity index (χ0n) is 10.8. The number of carbonyl (C=O) groups excluding carboxylic acids is 1. The standard InChI is InChI=1S/C11H13BrN2O6S/c12-10-8(5-7(20-10)11(16)17)21(18,19)13-4-3-9(15)14-6-1-2-6/h5-6,13H,1-4H2,(H,14,15)(H,16,17). The van der Waals surface area contributed by atoms with Crippen molar-refractivity contribution in [1.29, 1.82) is 0 Å². The number of hydrogen-bond acceptors (Lipinski definition) is 5. The number of amides is 1. The van der Waals surface area contributed by atoms with Crippen molar-refractivity contribution in [1.82, 2.24) is 10.0 Å². The molecule has 8 nitrogen and oxygen atoms in total. The molecule has 1 aromatic rings. The fourth-order valence-corrected chi connectivity index (χ4v) is 3.51. The van der Waals surface area contributed by atoms with E-state index in [1.165, 1.54) is 0 Å². The Balaban J connectivity index is 1.94. The maximum Gasteiger partial charge on any atom is 0.371 e. The zero-order valence-corrected chi connectivity index (χ0v) is 13.2. The van der Waals surface area contributed by atoms with Crippen LogP contribution in [0, 0.1) is 0 Å². The van der Waals surface area contributed by atoms with E-state index in [9.17, 15) is 18.0 Å². The molecule has 1 fully saturated rings. The third kappa shape index (κ3) is 4.29. The van der Waals surface area contributed by atoms with E-state index in [4.69, 9.17) is 9.52 Å². The van der Waals surface area contributed by atoms with Crippen LogP contribution in [0.1, 0.15) is 29.8 Å². The van der Waals surface area contributed by atoms with E-state index >= 15 is 0 Å². The van der Waals surface area contributed by atoms with E-state index in [2.05, 4.69) is 26.0 Å². The van der Waals surface area contributed by atoms with Gasteiger partial charge in [0.05, 0.1) is 0 Å². The highest BCUT2D eigenvalue weighted by Crippen LogP contribution is 2.26. The summed E-state index contributed by atoms with van der Waals surface area (Å²) in [6, 6.07) is 1.12. The minimum absolute atomic E-state index is 0.0109. The Labute approximate surface area is 129 Å². The SMILES string of the molecule is O=C(CCNS(=O)(=O)c1cc(C(=O)O)oc1Br)NC1CC1. The van der Waals surface area contributed by atoms with E-state index in [-0.39, 0.29) is 34.5 Å². The molecule has 0 aromatic carbocycles. The monoisotopic (exact) mass is 380 g/mol. The Morgan fingerprint density at radius 3 is 2.62 bits per heavy atom. The summed E-state index contributed by atoms with van der Waals surface area (Å²) in [6.45, 7) is -0.0824. The highest BCUT2D eigenvalue weighted by Gasteiger charge is 2.26. The number of carbonyl (C=O) groups is 2. The van der Waals surface area contributed by atoms with Gasteiger partial charge in [-0.2, -0.15) is 0 Å². The summed E-state index contributed by atoms with van der Waals surface area (Å²) in [5, 5.41) is 11.5. The lowest BCUT2D eigenvalue weighted by atomic mass is 10.4. The van der Waals surface area contributed by atoms with E-state index in [0.717, 1.165) is 18.9 Å². The van der Waals surface area contributed by atoms with Gasteiger partial charge in [-0.1, -0.05) is 0 Å². The lowest BCUT2D eigenvalue weighted by Crippen LogP contribution is -2.31. The Hall–Kier alpha value is -1.39. The van der Waals surface area contributed by atoms with Gasteiger partial charge >= 0.3 is 5.97 Å². The molecule has 0 atom stereocenters. The number of sulfonamides is 1. The van der Waals surface area contributed by atoms with Crippen molar-refractivity contribution < 1.29 is 27.5 Å². The van der Waals surface area contributed by atoms with Crippen LogP contribution >= 0.6 is 15.9 Å². The largest absolute Gasteiger partial charge is 0.475 e. The summed E-state index contributed by atoms with van der Waals surface area (Å²) in [5.41, 5.74) is 0. The smallest absolute Gasteiger partial charge is 0.371 e. The molecular weight excluding hydrogens is 368 g/mol.